The molecule has 2 unspecified atom stereocenters. The molecule has 2 atom stereocenters. The third kappa shape index (κ3) is 2.45. The van der Waals surface area contributed by atoms with Crippen molar-refractivity contribution < 1.29 is 23.9 Å². The predicted molar refractivity (Wildman–Crippen MR) is 72.2 cm³/mol. The van der Waals surface area contributed by atoms with Crippen LogP contribution in [0.2, 0.25) is 0 Å². The van der Waals surface area contributed by atoms with Gasteiger partial charge in [0.2, 0.25) is 0 Å². The molecule has 8 heteroatoms. The van der Waals surface area contributed by atoms with E-state index in [9.17, 15) is 14.4 Å². The first-order chi connectivity index (χ1) is 9.51. The summed E-state index contributed by atoms with van der Waals surface area (Å²) in [6.45, 7) is 6.73. The zero-order valence-electron chi connectivity index (χ0n) is 12.5. The number of amides is 2. The average Bonchev–Trinajstić information content (AvgIpc) is 2.71. The largest absolute Gasteiger partial charge is 0.459 e. The number of esters is 2. The maximum absolute atomic E-state index is 12.3. The lowest BCUT2D eigenvalue weighted by atomic mass is 9.75. The Bertz CT molecular complexity index is 556. The Kier molecular flexibility index (Phi) is 3.23. The fourth-order valence-electron chi connectivity index (χ4n) is 2.92. The molecule has 2 amide bonds. The lowest BCUT2D eigenvalue weighted by Gasteiger charge is -2.22. The van der Waals surface area contributed by atoms with Gasteiger partial charge < -0.3 is 15.2 Å². The topological polar surface area (TPSA) is 120 Å². The highest BCUT2D eigenvalue weighted by molar-refractivity contribution is 6.07. The van der Waals surface area contributed by atoms with E-state index in [2.05, 4.69) is 10.5 Å². The van der Waals surface area contributed by atoms with Gasteiger partial charge in [-0.25, -0.2) is 10.2 Å². The molecule has 116 valence electrons. The van der Waals surface area contributed by atoms with Crippen molar-refractivity contribution >= 4 is 23.7 Å². The number of hydrazone groups is 1. The molecule has 2 heterocycles. The van der Waals surface area contributed by atoms with E-state index in [-0.39, 0.29) is 12.8 Å². The molecule has 8 nitrogen and oxygen atoms in total. The van der Waals surface area contributed by atoms with E-state index in [0.717, 1.165) is 0 Å². The molecule has 2 saturated heterocycles. The van der Waals surface area contributed by atoms with E-state index in [1.54, 1.807) is 27.7 Å². The van der Waals surface area contributed by atoms with Crippen LogP contribution in [0.1, 0.15) is 40.5 Å². The van der Waals surface area contributed by atoms with Crippen molar-refractivity contribution in [3.05, 3.63) is 0 Å². The lowest BCUT2D eigenvalue weighted by Crippen LogP contribution is -2.37. The van der Waals surface area contributed by atoms with E-state index in [0.29, 0.717) is 5.71 Å². The second kappa shape index (κ2) is 4.44. The van der Waals surface area contributed by atoms with Crippen LogP contribution in [0.5, 0.6) is 0 Å². The highest BCUT2D eigenvalue weighted by Crippen LogP contribution is 2.51. The predicted octanol–water partition coefficient (Wildman–Crippen LogP) is 0.448. The minimum Gasteiger partial charge on any atom is -0.459 e. The van der Waals surface area contributed by atoms with E-state index in [4.69, 9.17) is 15.2 Å². The van der Waals surface area contributed by atoms with Crippen LogP contribution < -0.4 is 11.2 Å². The second-order valence-electron chi connectivity index (χ2n) is 6.38. The Labute approximate surface area is 122 Å². The van der Waals surface area contributed by atoms with Crippen LogP contribution in [-0.2, 0) is 19.1 Å². The van der Waals surface area contributed by atoms with Gasteiger partial charge in [0.1, 0.15) is 5.60 Å². The number of rotatable bonds is 2. The molecule has 3 N–H and O–H groups in total. The van der Waals surface area contributed by atoms with Crippen LogP contribution in [0.3, 0.4) is 0 Å². The number of hydrogen-bond acceptors (Lipinski definition) is 6. The molecule has 0 aromatic heterocycles. The molecular weight excluding hydrogens is 278 g/mol. The van der Waals surface area contributed by atoms with Crippen LogP contribution in [0.15, 0.2) is 5.10 Å². The lowest BCUT2D eigenvalue weighted by molar-refractivity contribution is -0.160. The summed E-state index contributed by atoms with van der Waals surface area (Å²) in [4.78, 5) is 35.1. The molecule has 0 aromatic rings. The number of carbonyl (C=O) groups excluding carboxylic acids is 3. The van der Waals surface area contributed by atoms with E-state index < -0.39 is 34.6 Å². The number of primary amides is 1. The van der Waals surface area contributed by atoms with Gasteiger partial charge in [-0.2, -0.15) is 5.10 Å². The van der Waals surface area contributed by atoms with Crippen molar-refractivity contribution in [3.63, 3.8) is 0 Å². The molecule has 2 fully saturated rings. The molecule has 2 aliphatic heterocycles. The van der Waals surface area contributed by atoms with Crippen LogP contribution in [-0.4, -0.2) is 34.9 Å². The smallest absolute Gasteiger partial charge is 0.332 e. The molecule has 1 spiro atoms. The van der Waals surface area contributed by atoms with E-state index in [1.807, 2.05) is 0 Å². The Morgan fingerprint density at radius 2 is 1.76 bits per heavy atom. The van der Waals surface area contributed by atoms with Gasteiger partial charge >= 0.3 is 18.0 Å². The molecule has 0 saturated carbocycles. The second-order valence-corrected chi connectivity index (χ2v) is 6.38. The SMILES string of the molecule is CC(=NNC(N)=O)C1(C)CC2(CC(C)(C)OC2=O)C(=O)O1. The number of hydrogen-bond donors (Lipinski definition) is 2. The van der Waals surface area contributed by atoms with Gasteiger partial charge in [-0.3, -0.25) is 9.59 Å². The summed E-state index contributed by atoms with van der Waals surface area (Å²) in [6, 6.07) is -0.821. The summed E-state index contributed by atoms with van der Waals surface area (Å²) in [7, 11) is 0. The number of nitrogens with two attached hydrogens (primary N) is 1. The summed E-state index contributed by atoms with van der Waals surface area (Å²) in [6.07, 6.45) is 0.376. The number of urea groups is 1. The highest BCUT2D eigenvalue weighted by atomic mass is 16.6. The number of cyclic esters (lactones) is 2. The average molecular weight is 297 g/mol. The Balaban J connectivity index is 2.29. The third-order valence-corrected chi connectivity index (χ3v) is 3.93. The maximum Gasteiger partial charge on any atom is 0.332 e. The van der Waals surface area contributed by atoms with Gasteiger partial charge in [0.15, 0.2) is 11.0 Å². The molecule has 2 rings (SSSR count). The van der Waals surface area contributed by atoms with Crippen molar-refractivity contribution in [1.29, 1.82) is 0 Å². The summed E-state index contributed by atoms with van der Waals surface area (Å²) >= 11 is 0. The van der Waals surface area contributed by atoms with Gasteiger partial charge in [0.25, 0.3) is 0 Å². The van der Waals surface area contributed by atoms with Gasteiger partial charge in [0, 0.05) is 12.8 Å². The minimum atomic E-state index is -1.30. The van der Waals surface area contributed by atoms with Crippen molar-refractivity contribution in [2.45, 2.75) is 51.7 Å². The number of nitrogens with zero attached hydrogens (tertiary/aromatic N) is 1. The third-order valence-electron chi connectivity index (χ3n) is 3.93. The van der Waals surface area contributed by atoms with Gasteiger partial charge in [-0.15, -0.1) is 0 Å². The fourth-order valence-corrected chi connectivity index (χ4v) is 2.92. The Morgan fingerprint density at radius 3 is 2.24 bits per heavy atom. The Hall–Kier alpha value is -2.12. The normalized spacial score (nSPS) is 34.8. The molecule has 2 aliphatic rings. The molecule has 21 heavy (non-hydrogen) atoms. The summed E-state index contributed by atoms with van der Waals surface area (Å²) in [5.41, 5.74) is 4.28. The first kappa shape index (κ1) is 15.3. The monoisotopic (exact) mass is 297 g/mol. The number of nitrogens with one attached hydrogen (secondary N) is 1. The molecular formula is C13H19N3O5. The standard InChI is InChI=1S/C13H19N3O5/c1-7(15-16-10(14)19)12(4)6-13(9(18)21-12)5-11(2,3)20-8(13)17/h5-6H2,1-4H3,(H3,14,16,19). The number of ether oxygens (including phenoxy) is 2. The van der Waals surface area contributed by atoms with Gasteiger partial charge in [0.05, 0.1) is 5.71 Å². The quantitative estimate of drug-likeness (QED) is 0.332. The van der Waals surface area contributed by atoms with Crippen molar-refractivity contribution in [1.82, 2.24) is 5.43 Å². The fraction of sp³-hybridized carbons (Fsp3) is 0.692. The van der Waals surface area contributed by atoms with Crippen LogP contribution >= 0.6 is 0 Å². The Morgan fingerprint density at radius 1 is 1.19 bits per heavy atom. The van der Waals surface area contributed by atoms with Crippen molar-refractivity contribution in [2.24, 2.45) is 16.3 Å². The van der Waals surface area contributed by atoms with E-state index >= 15 is 0 Å². The maximum atomic E-state index is 12.3. The highest BCUT2D eigenvalue weighted by Gasteiger charge is 2.67. The van der Waals surface area contributed by atoms with E-state index in [1.165, 1.54) is 0 Å². The first-order valence-corrected chi connectivity index (χ1v) is 6.58. The molecule has 0 bridgehead atoms. The molecule has 0 aromatic carbocycles. The van der Waals surface area contributed by atoms with Crippen LogP contribution in [0, 0.1) is 5.41 Å². The molecule has 0 aliphatic carbocycles. The van der Waals surface area contributed by atoms with Gasteiger partial charge in [-0.05, 0) is 27.7 Å². The zero-order valence-corrected chi connectivity index (χ0v) is 12.5. The van der Waals surface area contributed by atoms with Gasteiger partial charge in [-0.1, -0.05) is 0 Å². The van der Waals surface area contributed by atoms with Crippen LogP contribution in [0.25, 0.3) is 0 Å². The number of carbonyl (C=O) groups is 3. The summed E-state index contributed by atoms with van der Waals surface area (Å²) in [5.74, 6) is -1.19. The zero-order chi connectivity index (χ0) is 16.1. The summed E-state index contributed by atoms with van der Waals surface area (Å²) in [5, 5.41) is 3.79. The van der Waals surface area contributed by atoms with Crippen molar-refractivity contribution in [2.75, 3.05) is 0 Å². The van der Waals surface area contributed by atoms with Crippen molar-refractivity contribution in [3.8, 4) is 0 Å². The first-order valence-electron chi connectivity index (χ1n) is 6.58. The molecule has 0 radical (unpaired) electrons. The minimum absolute atomic E-state index is 0.122. The van der Waals surface area contributed by atoms with Crippen LogP contribution in [0.4, 0.5) is 4.79 Å². The summed E-state index contributed by atoms with van der Waals surface area (Å²) < 4.78 is 10.6.